The van der Waals surface area contributed by atoms with E-state index in [-0.39, 0.29) is 11.7 Å². The van der Waals surface area contributed by atoms with E-state index in [2.05, 4.69) is 12.2 Å². The number of rotatable bonds is 5. The van der Waals surface area contributed by atoms with Crippen molar-refractivity contribution in [2.45, 2.75) is 26.7 Å². The fourth-order valence-corrected chi connectivity index (χ4v) is 3.02. The first-order chi connectivity index (χ1) is 10.0. The van der Waals surface area contributed by atoms with Crippen LogP contribution in [0.2, 0.25) is 0 Å². The highest BCUT2D eigenvalue weighted by Crippen LogP contribution is 2.29. The molecule has 0 bridgehead atoms. The summed E-state index contributed by atoms with van der Waals surface area (Å²) in [6.07, 6.45) is 1.82. The first kappa shape index (κ1) is 15.3. The van der Waals surface area contributed by atoms with Gasteiger partial charge in [-0.2, -0.15) is 0 Å². The molecule has 0 fully saturated rings. The molecule has 0 radical (unpaired) electrons. The summed E-state index contributed by atoms with van der Waals surface area (Å²) in [5.41, 5.74) is 8.82. The van der Waals surface area contributed by atoms with Crippen LogP contribution in [0, 0.1) is 0 Å². The zero-order chi connectivity index (χ0) is 15.4. The molecule has 5 heteroatoms. The van der Waals surface area contributed by atoms with Gasteiger partial charge < -0.3 is 11.1 Å². The highest BCUT2D eigenvalue weighted by atomic mass is 32.1. The minimum atomic E-state index is -0.138. The smallest absolute Gasteiger partial charge is 0.221 e. The van der Waals surface area contributed by atoms with Crippen molar-refractivity contribution >= 4 is 33.7 Å². The molecule has 1 aromatic carbocycles. The Balaban J connectivity index is 2.28. The number of hydrogen-bond acceptors (Lipinski definition) is 4. The lowest BCUT2D eigenvalue weighted by Crippen LogP contribution is -2.08. The largest absolute Gasteiger partial charge is 0.390 e. The van der Waals surface area contributed by atoms with Gasteiger partial charge in [0.05, 0.1) is 10.6 Å². The highest BCUT2D eigenvalue weighted by Gasteiger charge is 2.18. The molecule has 0 aliphatic carbocycles. The van der Waals surface area contributed by atoms with Crippen LogP contribution in [0.4, 0.5) is 10.7 Å². The molecule has 0 aliphatic rings. The number of ketones is 1. The molecule has 1 heterocycles. The van der Waals surface area contributed by atoms with Crippen LogP contribution in [0.5, 0.6) is 0 Å². The number of carbonyl (C=O) groups excluding carboxylic acids is 2. The SMILES string of the molecule is CCCc1csc(N)c1C(=O)c1ccc(NC(C)=O)cc1. The van der Waals surface area contributed by atoms with Crippen LogP contribution in [-0.4, -0.2) is 11.7 Å². The lowest BCUT2D eigenvalue weighted by molar-refractivity contribution is -0.114. The van der Waals surface area contributed by atoms with Gasteiger partial charge in [-0.25, -0.2) is 0 Å². The summed E-state index contributed by atoms with van der Waals surface area (Å²) >= 11 is 1.41. The van der Waals surface area contributed by atoms with E-state index in [9.17, 15) is 9.59 Å². The first-order valence-electron chi connectivity index (χ1n) is 6.81. The van der Waals surface area contributed by atoms with Crippen LogP contribution < -0.4 is 11.1 Å². The molecule has 4 nitrogen and oxygen atoms in total. The Kier molecular flexibility index (Phi) is 4.75. The van der Waals surface area contributed by atoms with Crippen molar-refractivity contribution in [2.75, 3.05) is 11.1 Å². The Hall–Kier alpha value is -2.14. The van der Waals surface area contributed by atoms with Crippen molar-refractivity contribution in [3.63, 3.8) is 0 Å². The molecule has 0 saturated heterocycles. The molecule has 2 aromatic rings. The quantitative estimate of drug-likeness (QED) is 0.831. The average molecular weight is 302 g/mol. The lowest BCUT2D eigenvalue weighted by atomic mass is 9.99. The lowest BCUT2D eigenvalue weighted by Gasteiger charge is -2.06. The number of anilines is 2. The topological polar surface area (TPSA) is 72.2 Å². The van der Waals surface area contributed by atoms with E-state index in [1.54, 1.807) is 24.3 Å². The van der Waals surface area contributed by atoms with Gasteiger partial charge in [0.15, 0.2) is 5.78 Å². The van der Waals surface area contributed by atoms with E-state index in [0.29, 0.717) is 21.8 Å². The highest BCUT2D eigenvalue weighted by molar-refractivity contribution is 7.14. The molecule has 0 atom stereocenters. The Labute approximate surface area is 128 Å². The van der Waals surface area contributed by atoms with Crippen LogP contribution in [0.15, 0.2) is 29.6 Å². The van der Waals surface area contributed by atoms with Crippen LogP contribution in [0.3, 0.4) is 0 Å². The molecule has 0 aliphatic heterocycles. The molecule has 21 heavy (non-hydrogen) atoms. The summed E-state index contributed by atoms with van der Waals surface area (Å²) in [6.45, 7) is 3.52. The maximum atomic E-state index is 12.6. The molecule has 3 N–H and O–H groups in total. The molecular formula is C16H18N2O2S. The number of hydrogen-bond donors (Lipinski definition) is 2. The Morgan fingerprint density at radius 3 is 2.48 bits per heavy atom. The van der Waals surface area contributed by atoms with E-state index in [1.165, 1.54) is 18.3 Å². The first-order valence-corrected chi connectivity index (χ1v) is 7.69. The summed E-state index contributed by atoms with van der Waals surface area (Å²) in [6, 6.07) is 6.86. The zero-order valence-electron chi connectivity index (χ0n) is 12.1. The fraction of sp³-hybridized carbons (Fsp3) is 0.250. The van der Waals surface area contributed by atoms with Crippen LogP contribution in [0.25, 0.3) is 0 Å². The average Bonchev–Trinajstić information content (AvgIpc) is 2.80. The predicted molar refractivity (Wildman–Crippen MR) is 86.9 cm³/mol. The Morgan fingerprint density at radius 2 is 1.90 bits per heavy atom. The van der Waals surface area contributed by atoms with E-state index in [1.807, 2.05) is 5.38 Å². The van der Waals surface area contributed by atoms with Gasteiger partial charge in [0.25, 0.3) is 0 Å². The second-order valence-corrected chi connectivity index (χ2v) is 5.75. The van der Waals surface area contributed by atoms with Crippen LogP contribution >= 0.6 is 11.3 Å². The molecule has 110 valence electrons. The Morgan fingerprint density at radius 1 is 1.24 bits per heavy atom. The fourth-order valence-electron chi connectivity index (χ4n) is 2.17. The van der Waals surface area contributed by atoms with Crippen molar-refractivity contribution in [1.29, 1.82) is 0 Å². The van der Waals surface area contributed by atoms with Gasteiger partial charge in [-0.1, -0.05) is 13.3 Å². The number of benzene rings is 1. The minimum absolute atomic E-state index is 0.0634. The number of carbonyl (C=O) groups is 2. The van der Waals surface area contributed by atoms with Gasteiger partial charge in [0.1, 0.15) is 0 Å². The molecule has 0 unspecified atom stereocenters. The summed E-state index contributed by atoms with van der Waals surface area (Å²) in [5.74, 6) is -0.201. The number of aryl methyl sites for hydroxylation is 1. The monoisotopic (exact) mass is 302 g/mol. The molecule has 0 saturated carbocycles. The van der Waals surface area contributed by atoms with Crippen molar-refractivity contribution in [1.82, 2.24) is 0 Å². The third-order valence-corrected chi connectivity index (χ3v) is 3.97. The third kappa shape index (κ3) is 3.49. The summed E-state index contributed by atoms with van der Waals surface area (Å²) in [4.78, 5) is 23.6. The maximum Gasteiger partial charge on any atom is 0.221 e. The van der Waals surface area contributed by atoms with Gasteiger partial charge in [-0.05, 0) is 41.6 Å². The van der Waals surface area contributed by atoms with Gasteiger partial charge in [0, 0.05) is 18.2 Å². The van der Waals surface area contributed by atoms with Crippen molar-refractivity contribution < 1.29 is 9.59 Å². The van der Waals surface area contributed by atoms with Gasteiger partial charge in [-0.15, -0.1) is 11.3 Å². The summed E-state index contributed by atoms with van der Waals surface area (Å²) in [7, 11) is 0. The molecule has 2 rings (SSSR count). The van der Waals surface area contributed by atoms with Crippen molar-refractivity contribution in [2.24, 2.45) is 0 Å². The molecule has 1 aromatic heterocycles. The number of nitrogen functional groups attached to an aromatic ring is 1. The molecule has 0 spiro atoms. The maximum absolute atomic E-state index is 12.6. The number of thiophene rings is 1. The number of nitrogens with one attached hydrogen (secondary N) is 1. The Bertz CT molecular complexity index is 659. The van der Waals surface area contributed by atoms with Gasteiger partial charge >= 0.3 is 0 Å². The summed E-state index contributed by atoms with van der Waals surface area (Å²) < 4.78 is 0. The second kappa shape index (κ2) is 6.54. The predicted octanol–water partition coefficient (Wildman–Crippen LogP) is 3.47. The number of nitrogens with two attached hydrogens (primary N) is 1. The van der Waals surface area contributed by atoms with Crippen molar-refractivity contribution in [3.8, 4) is 0 Å². The van der Waals surface area contributed by atoms with Crippen LogP contribution in [0.1, 0.15) is 41.8 Å². The normalized spacial score (nSPS) is 10.4. The molecular weight excluding hydrogens is 284 g/mol. The van der Waals surface area contributed by atoms with Gasteiger partial charge in [-0.3, -0.25) is 9.59 Å². The van der Waals surface area contributed by atoms with Crippen molar-refractivity contribution in [3.05, 3.63) is 46.3 Å². The molecule has 1 amide bonds. The van der Waals surface area contributed by atoms with E-state index in [0.717, 1.165) is 18.4 Å². The minimum Gasteiger partial charge on any atom is -0.390 e. The second-order valence-electron chi connectivity index (χ2n) is 4.84. The zero-order valence-corrected chi connectivity index (χ0v) is 12.9. The standard InChI is InChI=1S/C16H18N2O2S/c1-3-4-12-9-21-16(17)14(12)15(20)11-5-7-13(8-6-11)18-10(2)19/h5-9H,3-4,17H2,1-2H3,(H,18,19). The van der Waals surface area contributed by atoms with E-state index < -0.39 is 0 Å². The van der Waals surface area contributed by atoms with Crippen LogP contribution in [-0.2, 0) is 11.2 Å². The van der Waals surface area contributed by atoms with Gasteiger partial charge in [0.2, 0.25) is 5.91 Å². The van der Waals surface area contributed by atoms with E-state index >= 15 is 0 Å². The summed E-state index contributed by atoms with van der Waals surface area (Å²) in [5, 5.41) is 5.20. The third-order valence-electron chi connectivity index (χ3n) is 3.11. The van der Waals surface area contributed by atoms with E-state index in [4.69, 9.17) is 5.73 Å². The number of amides is 1.